The molecule has 0 spiro atoms. The van der Waals surface area contributed by atoms with Crippen LogP contribution < -0.4 is 21.9 Å². The van der Waals surface area contributed by atoms with Gasteiger partial charge in [-0.25, -0.2) is 0 Å². The molecule has 0 saturated heterocycles. The fourth-order valence-corrected chi connectivity index (χ4v) is 5.74. The van der Waals surface area contributed by atoms with Gasteiger partial charge in [-0.3, -0.25) is 0 Å². The molecule has 0 heterocycles. The van der Waals surface area contributed by atoms with Gasteiger partial charge in [0.25, 0.3) is 0 Å². The van der Waals surface area contributed by atoms with Crippen molar-refractivity contribution in [1.82, 2.24) is 0 Å². The lowest BCUT2D eigenvalue weighted by molar-refractivity contribution is 1.44. The first-order valence-corrected chi connectivity index (χ1v) is 12.8. The van der Waals surface area contributed by atoms with E-state index in [4.69, 9.17) is 0 Å². The van der Waals surface area contributed by atoms with Crippen molar-refractivity contribution in [2.75, 3.05) is 0 Å². The van der Waals surface area contributed by atoms with Crippen LogP contribution in [0.1, 0.15) is 22.3 Å². The van der Waals surface area contributed by atoms with Gasteiger partial charge in [0.1, 0.15) is 6.15 Å². The van der Waals surface area contributed by atoms with Crippen molar-refractivity contribution in [1.29, 1.82) is 0 Å². The Balaban J connectivity index is 0.000000375. The van der Waals surface area contributed by atoms with E-state index in [9.17, 15) is 0 Å². The third-order valence-electron chi connectivity index (χ3n) is 7.40. The maximum Gasteiger partial charge on any atom is 0.109 e. The molecule has 5 aromatic rings. The van der Waals surface area contributed by atoms with Crippen LogP contribution in [0.15, 0.2) is 140 Å². The van der Waals surface area contributed by atoms with Gasteiger partial charge in [0.05, 0.1) is 0 Å². The molecule has 178 valence electrons. The molecule has 0 bridgehead atoms. The minimum atomic E-state index is -1.32. The van der Waals surface area contributed by atoms with Crippen LogP contribution in [0.5, 0.6) is 0 Å². The largest absolute Gasteiger partial charge is 0.192 e. The van der Waals surface area contributed by atoms with E-state index < -0.39 is 6.15 Å². The van der Waals surface area contributed by atoms with Gasteiger partial charge in [-0.2, -0.15) is 21.9 Å². The van der Waals surface area contributed by atoms with Gasteiger partial charge in [-0.15, -0.1) is 0 Å². The Labute approximate surface area is 217 Å². The molecule has 0 fully saturated rings. The Morgan fingerprint density at radius 1 is 0.361 bits per heavy atom. The number of rotatable bonds is 4. The molecule has 0 radical (unpaired) electrons. The van der Waals surface area contributed by atoms with Crippen molar-refractivity contribution in [2.24, 2.45) is 0 Å². The summed E-state index contributed by atoms with van der Waals surface area (Å²) in [4.78, 5) is 0. The van der Waals surface area contributed by atoms with Crippen molar-refractivity contribution in [3.05, 3.63) is 162 Å². The molecule has 0 aliphatic carbocycles. The fourth-order valence-electron chi connectivity index (χ4n) is 5.74. The summed E-state index contributed by atoms with van der Waals surface area (Å²) in [6.07, 6.45) is -1.32. The van der Waals surface area contributed by atoms with E-state index in [-0.39, 0.29) is 0 Å². The van der Waals surface area contributed by atoms with Gasteiger partial charge in [0.2, 0.25) is 0 Å². The maximum absolute atomic E-state index is 2.33. The lowest BCUT2D eigenvalue weighted by Crippen LogP contribution is -2.76. The summed E-state index contributed by atoms with van der Waals surface area (Å²) in [6, 6.07) is 49.7. The quantitative estimate of drug-likeness (QED) is 0.217. The maximum atomic E-state index is 2.33. The van der Waals surface area contributed by atoms with Crippen LogP contribution in [0.4, 0.5) is 0 Å². The zero-order valence-electron chi connectivity index (χ0n) is 21.9. The van der Waals surface area contributed by atoms with Crippen LogP contribution in [0.2, 0.25) is 0 Å². The monoisotopic (exact) mass is 466 g/mol. The molecule has 0 aliphatic heterocycles. The van der Waals surface area contributed by atoms with Gasteiger partial charge >= 0.3 is 0 Å². The van der Waals surface area contributed by atoms with E-state index in [1.165, 1.54) is 44.1 Å². The van der Waals surface area contributed by atoms with Crippen LogP contribution in [0.25, 0.3) is 0 Å². The van der Waals surface area contributed by atoms with Crippen LogP contribution >= 0.6 is 0 Å². The third-order valence-corrected chi connectivity index (χ3v) is 7.40. The second kappa shape index (κ2) is 11.6. The van der Waals surface area contributed by atoms with Gasteiger partial charge in [-0.1, -0.05) is 119 Å². The number of hydrogen-bond donors (Lipinski definition) is 0. The van der Waals surface area contributed by atoms with Crippen molar-refractivity contribution >= 4 is 28.0 Å². The average molecular weight is 466 g/mol. The predicted octanol–water partition coefficient (Wildman–Crippen LogP) is 6.27. The van der Waals surface area contributed by atoms with Crippen molar-refractivity contribution in [2.45, 2.75) is 27.7 Å². The van der Waals surface area contributed by atoms with E-state index in [0.29, 0.717) is 0 Å². The highest BCUT2D eigenvalue weighted by molar-refractivity contribution is 7.20. The molecule has 0 aliphatic rings. The summed E-state index contributed by atoms with van der Waals surface area (Å²) in [6.45, 7) is 9.00. The molecule has 0 amide bonds. The lowest BCUT2D eigenvalue weighted by atomic mass is 9.11. The zero-order valence-corrected chi connectivity index (χ0v) is 21.9. The average Bonchev–Trinajstić information content (AvgIpc) is 3.22. The van der Waals surface area contributed by atoms with Crippen molar-refractivity contribution in [3.8, 4) is 0 Å². The Hall–Kier alpha value is -3.97. The minimum Gasteiger partial charge on any atom is -0.192 e. The molecule has 36 heavy (non-hydrogen) atoms. The molecule has 1 heteroatoms. The molecular formula is C35H35B. The second-order valence-electron chi connectivity index (χ2n) is 9.64. The Morgan fingerprint density at radius 3 is 0.917 bits per heavy atom. The molecule has 0 aromatic heterocycles. The first-order valence-electron chi connectivity index (χ1n) is 12.8. The summed E-state index contributed by atoms with van der Waals surface area (Å²) >= 11 is 0. The number of aryl methyl sites for hydroxylation is 4. The molecule has 0 atom stereocenters. The van der Waals surface area contributed by atoms with Crippen molar-refractivity contribution in [3.63, 3.8) is 0 Å². The molecule has 0 unspecified atom stereocenters. The molecule has 0 saturated carbocycles. The smallest absolute Gasteiger partial charge is 0.109 e. The normalized spacial score (nSPS) is 10.8. The van der Waals surface area contributed by atoms with Gasteiger partial charge in [0.15, 0.2) is 0 Å². The summed E-state index contributed by atoms with van der Waals surface area (Å²) in [5.74, 6) is 0. The number of hydrogen-bond acceptors (Lipinski definition) is 0. The van der Waals surface area contributed by atoms with Crippen LogP contribution in [-0.4, -0.2) is 6.15 Å². The van der Waals surface area contributed by atoms with Crippen LogP contribution in [0, 0.1) is 27.7 Å². The van der Waals surface area contributed by atoms with E-state index in [1.807, 2.05) is 42.5 Å². The SMILES string of the molecule is Cc1ccccc1[B-](c1ccccc1C)(c1ccccc1C)c1ccccc1C.c1ccc[cH+]cc1. The predicted molar refractivity (Wildman–Crippen MR) is 160 cm³/mol. The fraction of sp³-hybridized carbons (Fsp3) is 0.114. The summed E-state index contributed by atoms with van der Waals surface area (Å²) in [5, 5.41) is 0. The third kappa shape index (κ3) is 5.02. The minimum absolute atomic E-state index is 1.32. The zero-order chi connectivity index (χ0) is 25.4. The highest BCUT2D eigenvalue weighted by Gasteiger charge is 2.35. The number of benzene rings is 4. The second-order valence-corrected chi connectivity index (χ2v) is 9.64. The van der Waals surface area contributed by atoms with Crippen molar-refractivity contribution < 1.29 is 0 Å². The Kier molecular flexibility index (Phi) is 8.13. The Morgan fingerprint density at radius 2 is 0.639 bits per heavy atom. The summed E-state index contributed by atoms with van der Waals surface area (Å²) < 4.78 is 0. The lowest BCUT2D eigenvalue weighted by Gasteiger charge is -2.48. The molecule has 5 rings (SSSR count). The summed E-state index contributed by atoms with van der Waals surface area (Å²) in [5.41, 5.74) is 11.0. The van der Waals surface area contributed by atoms with E-state index in [1.54, 1.807) is 0 Å². The van der Waals surface area contributed by atoms with E-state index >= 15 is 0 Å². The van der Waals surface area contributed by atoms with Gasteiger partial charge < -0.3 is 0 Å². The summed E-state index contributed by atoms with van der Waals surface area (Å²) in [7, 11) is 0. The van der Waals surface area contributed by atoms with Gasteiger partial charge in [-0.05, 0) is 27.7 Å². The van der Waals surface area contributed by atoms with E-state index in [0.717, 1.165) is 0 Å². The molecule has 5 aromatic carbocycles. The molecule has 0 N–H and O–H groups in total. The van der Waals surface area contributed by atoms with Crippen LogP contribution in [-0.2, 0) is 0 Å². The molecular weight excluding hydrogens is 431 g/mol. The van der Waals surface area contributed by atoms with Crippen LogP contribution in [0.3, 0.4) is 0 Å². The first-order chi connectivity index (χ1) is 17.6. The highest BCUT2D eigenvalue weighted by atomic mass is 14.2. The first kappa shape index (κ1) is 25.1. The highest BCUT2D eigenvalue weighted by Crippen LogP contribution is 2.16. The van der Waals surface area contributed by atoms with Gasteiger partial charge in [0, 0.05) is 42.5 Å². The standard InChI is InChI=1S/C28H28B.C7H7/c1-21-13-5-9-17-25(21)29(26-18-10-6-14-22(26)2,27-19-11-7-15-23(27)3)28-20-12-8-16-24(28)4;1-2-4-6-7-5-3-1/h5-20H,1-4H3;1-7H/q-1;+1. The molecule has 0 nitrogen and oxygen atoms in total. The topological polar surface area (TPSA) is 0 Å². The van der Waals surface area contributed by atoms with E-state index in [2.05, 4.69) is 125 Å². The Bertz CT molecular complexity index is 1200.